The van der Waals surface area contributed by atoms with Crippen LogP contribution in [0.2, 0.25) is 0 Å². The summed E-state index contributed by atoms with van der Waals surface area (Å²) in [5.74, 6) is 0. The Morgan fingerprint density at radius 1 is 1.31 bits per heavy atom. The van der Waals surface area contributed by atoms with Gasteiger partial charge in [0.05, 0.1) is 12.7 Å². The molecule has 1 N–H and O–H groups in total. The Morgan fingerprint density at radius 2 is 2.23 bits per heavy atom. The maximum absolute atomic E-state index is 11.0. The van der Waals surface area contributed by atoms with Crippen LogP contribution < -0.4 is 5.32 Å². The van der Waals surface area contributed by atoms with Gasteiger partial charge in [0.2, 0.25) is 0 Å². The average Bonchev–Trinajstić information content (AvgIpc) is 2.65. The van der Waals surface area contributed by atoms with E-state index in [-0.39, 0.29) is 30.4 Å². The van der Waals surface area contributed by atoms with Gasteiger partial charge in [-0.2, -0.15) is 0 Å². The topological polar surface area (TPSA) is 56.8 Å². The molecule has 3 heterocycles. The van der Waals surface area contributed by atoms with Gasteiger partial charge in [-0.25, -0.2) is 4.79 Å². The molecule has 13 heavy (non-hydrogen) atoms. The second-order valence-electron chi connectivity index (χ2n) is 3.61. The molecule has 0 saturated carbocycles. The molecule has 72 valence electrons. The predicted molar refractivity (Wildman–Crippen MR) is 41.3 cm³/mol. The lowest BCUT2D eigenvalue weighted by Gasteiger charge is -2.32. The van der Waals surface area contributed by atoms with Crippen LogP contribution in [0.3, 0.4) is 0 Å². The second-order valence-corrected chi connectivity index (χ2v) is 3.61. The largest absolute Gasteiger partial charge is 0.441 e. The van der Waals surface area contributed by atoms with E-state index in [0.717, 1.165) is 6.42 Å². The van der Waals surface area contributed by atoms with Gasteiger partial charge in [-0.1, -0.05) is 0 Å². The molecule has 3 saturated heterocycles. The maximum Gasteiger partial charge on any atom is 0.408 e. The van der Waals surface area contributed by atoms with E-state index >= 15 is 0 Å². The second kappa shape index (κ2) is 2.59. The molecule has 0 aromatic rings. The quantitative estimate of drug-likeness (QED) is 0.560. The third-order valence-electron chi connectivity index (χ3n) is 2.85. The normalized spacial score (nSPS) is 47.8. The summed E-state index contributed by atoms with van der Waals surface area (Å²) in [4.78, 5) is 11.0. The molecule has 0 spiro atoms. The highest BCUT2D eigenvalue weighted by Crippen LogP contribution is 2.29. The standard InChI is InChI=1S/C8H11NO4/c10-8-9-6-5(13-8)3-12-4-1-2-11-7(4)6/h4-7H,1-3H2,(H,9,10). The van der Waals surface area contributed by atoms with Crippen molar-refractivity contribution in [2.45, 2.75) is 30.8 Å². The summed E-state index contributed by atoms with van der Waals surface area (Å²) in [5.41, 5.74) is 0. The van der Waals surface area contributed by atoms with Crippen molar-refractivity contribution in [1.82, 2.24) is 5.32 Å². The van der Waals surface area contributed by atoms with Gasteiger partial charge >= 0.3 is 6.09 Å². The molecule has 5 heteroatoms. The van der Waals surface area contributed by atoms with Gasteiger partial charge < -0.3 is 19.5 Å². The Balaban J connectivity index is 1.83. The summed E-state index contributed by atoms with van der Waals surface area (Å²) in [6.07, 6.45) is 0.541. The lowest BCUT2D eigenvalue weighted by Crippen LogP contribution is -2.53. The van der Waals surface area contributed by atoms with Gasteiger partial charge in [0.1, 0.15) is 18.2 Å². The Kier molecular flexibility index (Phi) is 1.51. The SMILES string of the molecule is O=C1NC2C(COC3CCOC32)O1. The number of rotatable bonds is 0. The van der Waals surface area contributed by atoms with Crippen LogP contribution in [0.1, 0.15) is 6.42 Å². The highest BCUT2D eigenvalue weighted by molar-refractivity contribution is 5.70. The third-order valence-corrected chi connectivity index (χ3v) is 2.85. The van der Waals surface area contributed by atoms with Crippen LogP contribution in [0, 0.1) is 0 Å². The zero-order valence-corrected chi connectivity index (χ0v) is 7.06. The molecule has 0 aromatic heterocycles. The first-order valence-electron chi connectivity index (χ1n) is 4.55. The number of alkyl carbamates (subject to hydrolysis) is 1. The Bertz CT molecular complexity index is 244. The molecule has 3 fully saturated rings. The summed E-state index contributed by atoms with van der Waals surface area (Å²) < 4.78 is 16.0. The fraction of sp³-hybridized carbons (Fsp3) is 0.875. The van der Waals surface area contributed by atoms with Gasteiger partial charge in [-0.15, -0.1) is 0 Å². The van der Waals surface area contributed by atoms with Crippen LogP contribution in [-0.2, 0) is 14.2 Å². The van der Waals surface area contributed by atoms with Crippen molar-refractivity contribution in [3.63, 3.8) is 0 Å². The molecule has 0 radical (unpaired) electrons. The zero-order chi connectivity index (χ0) is 8.84. The molecule has 0 aromatic carbocycles. The third kappa shape index (κ3) is 1.04. The Hall–Kier alpha value is -0.810. The summed E-state index contributed by atoms with van der Waals surface area (Å²) in [7, 11) is 0. The average molecular weight is 185 g/mol. The van der Waals surface area contributed by atoms with Crippen LogP contribution in [0.5, 0.6) is 0 Å². The van der Waals surface area contributed by atoms with E-state index in [9.17, 15) is 4.79 Å². The number of hydrogen-bond acceptors (Lipinski definition) is 4. The van der Waals surface area contributed by atoms with E-state index < -0.39 is 0 Å². The summed E-state index contributed by atoms with van der Waals surface area (Å²) in [6, 6.07) is -0.00579. The van der Waals surface area contributed by atoms with Crippen molar-refractivity contribution >= 4 is 6.09 Å². The fourth-order valence-electron chi connectivity index (χ4n) is 2.23. The summed E-state index contributed by atoms with van der Waals surface area (Å²) >= 11 is 0. The Morgan fingerprint density at radius 3 is 3.15 bits per heavy atom. The molecule has 3 aliphatic rings. The minimum absolute atomic E-state index is 0.00579. The van der Waals surface area contributed by atoms with Gasteiger partial charge in [-0.05, 0) is 6.42 Å². The van der Waals surface area contributed by atoms with Gasteiger partial charge in [-0.3, -0.25) is 0 Å². The lowest BCUT2D eigenvalue weighted by molar-refractivity contribution is -0.101. The zero-order valence-electron chi connectivity index (χ0n) is 7.06. The fourth-order valence-corrected chi connectivity index (χ4v) is 2.23. The highest BCUT2D eigenvalue weighted by atomic mass is 16.6. The highest BCUT2D eigenvalue weighted by Gasteiger charge is 2.49. The molecule has 1 amide bonds. The van der Waals surface area contributed by atoms with Crippen LogP contribution in [-0.4, -0.2) is 43.7 Å². The minimum Gasteiger partial charge on any atom is -0.441 e. The van der Waals surface area contributed by atoms with E-state index in [1.807, 2.05) is 0 Å². The first-order chi connectivity index (χ1) is 6.34. The van der Waals surface area contributed by atoms with Crippen LogP contribution in [0.25, 0.3) is 0 Å². The Labute approximate surface area is 75.3 Å². The first kappa shape index (κ1) is 7.58. The predicted octanol–water partition coefficient (Wildman–Crippen LogP) is -0.349. The van der Waals surface area contributed by atoms with Gasteiger partial charge in [0.15, 0.2) is 0 Å². The van der Waals surface area contributed by atoms with Crippen molar-refractivity contribution in [2.24, 2.45) is 0 Å². The number of hydrogen-bond donors (Lipinski definition) is 1. The van der Waals surface area contributed by atoms with Crippen LogP contribution in [0.4, 0.5) is 4.79 Å². The van der Waals surface area contributed by atoms with Crippen molar-refractivity contribution in [1.29, 1.82) is 0 Å². The van der Waals surface area contributed by atoms with Gasteiger partial charge in [0, 0.05) is 6.61 Å². The van der Waals surface area contributed by atoms with E-state index in [1.54, 1.807) is 0 Å². The molecule has 3 aliphatic heterocycles. The molecule has 0 bridgehead atoms. The molecule has 4 unspecified atom stereocenters. The van der Waals surface area contributed by atoms with Gasteiger partial charge in [0.25, 0.3) is 0 Å². The first-order valence-corrected chi connectivity index (χ1v) is 4.55. The summed E-state index contributed by atoms with van der Waals surface area (Å²) in [5, 5.41) is 2.76. The van der Waals surface area contributed by atoms with Crippen molar-refractivity contribution in [3.8, 4) is 0 Å². The number of carbonyl (C=O) groups is 1. The minimum atomic E-state index is -0.352. The number of carbonyl (C=O) groups excluding carboxylic acids is 1. The smallest absolute Gasteiger partial charge is 0.408 e. The summed E-state index contributed by atoms with van der Waals surface area (Å²) in [6.45, 7) is 1.21. The van der Waals surface area contributed by atoms with E-state index in [1.165, 1.54) is 0 Å². The molecule has 0 aliphatic carbocycles. The van der Waals surface area contributed by atoms with Crippen molar-refractivity contribution in [3.05, 3.63) is 0 Å². The monoisotopic (exact) mass is 185 g/mol. The van der Waals surface area contributed by atoms with Crippen LogP contribution >= 0.6 is 0 Å². The molecular formula is C8H11NO4. The molecule has 5 nitrogen and oxygen atoms in total. The molecule has 3 rings (SSSR count). The van der Waals surface area contributed by atoms with Crippen LogP contribution in [0.15, 0.2) is 0 Å². The lowest BCUT2D eigenvalue weighted by atomic mass is 9.98. The number of nitrogens with one attached hydrogen (secondary N) is 1. The van der Waals surface area contributed by atoms with Crippen molar-refractivity contribution in [2.75, 3.05) is 13.2 Å². The number of ether oxygens (including phenoxy) is 3. The molecule has 4 atom stereocenters. The van der Waals surface area contributed by atoms with Crippen molar-refractivity contribution < 1.29 is 19.0 Å². The number of amides is 1. The van der Waals surface area contributed by atoms with E-state index in [4.69, 9.17) is 14.2 Å². The maximum atomic E-state index is 11.0. The molecular weight excluding hydrogens is 174 g/mol. The number of fused-ring (bicyclic) bond motifs is 3. The van der Waals surface area contributed by atoms with E-state index in [0.29, 0.717) is 13.2 Å². The van der Waals surface area contributed by atoms with E-state index in [2.05, 4.69) is 5.32 Å².